The Morgan fingerprint density at radius 1 is 0.704 bits per heavy atom. The van der Waals surface area contributed by atoms with Crippen molar-refractivity contribution in [2.45, 2.75) is 116 Å². The summed E-state index contributed by atoms with van der Waals surface area (Å²) in [7, 11) is 0. The molecule has 0 aromatic heterocycles. The van der Waals surface area contributed by atoms with Crippen LogP contribution < -0.4 is 0 Å². The highest BCUT2D eigenvalue weighted by molar-refractivity contribution is 5.79. The lowest BCUT2D eigenvalue weighted by Gasteiger charge is -2.05. The number of benzene rings is 1. The number of carbonyl (C=O) groups excluding carboxylic acids is 1. The van der Waals surface area contributed by atoms with Gasteiger partial charge < -0.3 is 5.11 Å². The van der Waals surface area contributed by atoms with Crippen LogP contribution in [0.2, 0.25) is 0 Å². The number of hydrogen-bond acceptors (Lipinski definition) is 2. The molecule has 0 aliphatic rings. The summed E-state index contributed by atoms with van der Waals surface area (Å²) in [6.45, 7) is 2.28. The van der Waals surface area contributed by atoms with Gasteiger partial charge in [0.05, 0.1) is 5.56 Å². The molecule has 0 aliphatic carbocycles. The van der Waals surface area contributed by atoms with Gasteiger partial charge in [-0.1, -0.05) is 109 Å². The smallest absolute Gasteiger partial charge is 0.153 e. The molecule has 2 nitrogen and oxygen atoms in total. The Labute approximate surface area is 167 Å². The Bertz CT molecular complexity index is 481. The molecule has 2 heteroatoms. The number of rotatable bonds is 18. The van der Waals surface area contributed by atoms with E-state index in [-0.39, 0.29) is 5.75 Å². The first-order chi connectivity index (χ1) is 13.3. The predicted molar refractivity (Wildman–Crippen MR) is 117 cm³/mol. The van der Waals surface area contributed by atoms with Crippen LogP contribution in [0.1, 0.15) is 126 Å². The minimum atomic E-state index is 0.110. The predicted octanol–water partition coefficient (Wildman–Crippen LogP) is 8.01. The fourth-order valence-corrected chi connectivity index (χ4v) is 3.72. The fraction of sp³-hybridized carbons (Fsp3) is 0.720. The number of aldehydes is 1. The second-order valence-electron chi connectivity index (χ2n) is 8.06. The quantitative estimate of drug-likeness (QED) is 0.209. The highest BCUT2D eigenvalue weighted by Gasteiger charge is 2.01. The Kier molecular flexibility index (Phi) is 14.8. The molecule has 0 atom stereocenters. The lowest BCUT2D eigenvalue weighted by Crippen LogP contribution is -1.89. The maximum absolute atomic E-state index is 10.7. The molecule has 0 saturated carbocycles. The molecule has 1 N–H and O–H groups in total. The summed E-state index contributed by atoms with van der Waals surface area (Å²) in [6.07, 6.45) is 23.8. The normalized spacial score (nSPS) is 11.0. The molecule has 1 aromatic rings. The molecular formula is C25H42O2. The van der Waals surface area contributed by atoms with Gasteiger partial charge in [0, 0.05) is 0 Å². The molecule has 154 valence electrons. The summed E-state index contributed by atoms with van der Waals surface area (Å²) < 4.78 is 0. The van der Waals surface area contributed by atoms with Gasteiger partial charge in [0.1, 0.15) is 5.75 Å². The van der Waals surface area contributed by atoms with Crippen molar-refractivity contribution in [3.8, 4) is 5.75 Å². The van der Waals surface area contributed by atoms with E-state index in [0.717, 1.165) is 18.4 Å². The zero-order chi connectivity index (χ0) is 19.6. The van der Waals surface area contributed by atoms with Gasteiger partial charge in [-0.2, -0.15) is 0 Å². The average Bonchev–Trinajstić information content (AvgIpc) is 2.68. The topological polar surface area (TPSA) is 37.3 Å². The van der Waals surface area contributed by atoms with E-state index in [1.54, 1.807) is 12.1 Å². The van der Waals surface area contributed by atoms with E-state index in [2.05, 4.69) is 6.92 Å². The van der Waals surface area contributed by atoms with Gasteiger partial charge >= 0.3 is 0 Å². The zero-order valence-corrected chi connectivity index (χ0v) is 17.7. The van der Waals surface area contributed by atoms with E-state index in [0.29, 0.717) is 11.8 Å². The first-order valence-corrected chi connectivity index (χ1v) is 11.5. The largest absolute Gasteiger partial charge is 0.507 e. The molecule has 0 aliphatic heterocycles. The third-order valence-corrected chi connectivity index (χ3v) is 5.54. The number of aromatic hydroxyl groups is 1. The molecule has 0 heterocycles. The summed E-state index contributed by atoms with van der Waals surface area (Å²) in [6, 6.07) is 5.40. The second-order valence-corrected chi connectivity index (χ2v) is 8.06. The molecule has 0 unspecified atom stereocenters. The van der Waals surface area contributed by atoms with Crippen molar-refractivity contribution in [2.24, 2.45) is 0 Å². The first kappa shape index (κ1) is 23.7. The Morgan fingerprint density at radius 2 is 1.15 bits per heavy atom. The van der Waals surface area contributed by atoms with Crippen LogP contribution in [0.4, 0.5) is 0 Å². The van der Waals surface area contributed by atoms with Crippen molar-refractivity contribution < 1.29 is 9.90 Å². The van der Waals surface area contributed by atoms with Crippen LogP contribution in [-0.2, 0) is 6.42 Å². The van der Waals surface area contributed by atoms with Crippen LogP contribution >= 0.6 is 0 Å². The van der Waals surface area contributed by atoms with Crippen LogP contribution in [0.15, 0.2) is 18.2 Å². The molecule has 0 saturated heterocycles. The zero-order valence-electron chi connectivity index (χ0n) is 17.7. The maximum Gasteiger partial charge on any atom is 0.153 e. The molecule has 27 heavy (non-hydrogen) atoms. The van der Waals surface area contributed by atoms with Gasteiger partial charge in [-0.3, -0.25) is 4.79 Å². The standard InChI is InChI=1S/C25H42O2/c1-2-3-4-5-6-7-8-9-10-11-12-13-14-15-16-17-18-23-19-20-24(22-26)25(27)21-23/h19-22,27H,2-18H2,1H3. The molecule has 1 aromatic carbocycles. The lowest BCUT2D eigenvalue weighted by atomic mass is 10.0. The molecule has 0 spiro atoms. The Balaban J connectivity index is 1.83. The fourth-order valence-electron chi connectivity index (χ4n) is 3.72. The number of carbonyl (C=O) groups is 1. The van der Waals surface area contributed by atoms with E-state index in [9.17, 15) is 9.90 Å². The summed E-state index contributed by atoms with van der Waals surface area (Å²) in [5.41, 5.74) is 1.51. The summed E-state index contributed by atoms with van der Waals surface area (Å²) in [5.74, 6) is 0.110. The van der Waals surface area contributed by atoms with Crippen LogP contribution in [0, 0.1) is 0 Å². The van der Waals surface area contributed by atoms with E-state index in [4.69, 9.17) is 0 Å². The average molecular weight is 375 g/mol. The van der Waals surface area contributed by atoms with E-state index in [1.165, 1.54) is 96.3 Å². The second kappa shape index (κ2) is 16.8. The van der Waals surface area contributed by atoms with Crippen molar-refractivity contribution in [2.75, 3.05) is 0 Å². The van der Waals surface area contributed by atoms with Crippen molar-refractivity contribution in [1.29, 1.82) is 0 Å². The minimum absolute atomic E-state index is 0.110. The van der Waals surface area contributed by atoms with Crippen LogP contribution in [0.25, 0.3) is 0 Å². The van der Waals surface area contributed by atoms with Gasteiger partial charge in [-0.25, -0.2) is 0 Å². The Hall–Kier alpha value is -1.31. The number of phenols is 1. The molecule has 0 fully saturated rings. The third-order valence-electron chi connectivity index (χ3n) is 5.54. The van der Waals surface area contributed by atoms with E-state index < -0.39 is 0 Å². The summed E-state index contributed by atoms with van der Waals surface area (Å²) in [5, 5.41) is 9.70. The Morgan fingerprint density at radius 3 is 1.56 bits per heavy atom. The van der Waals surface area contributed by atoms with Gasteiger partial charge in [0.25, 0.3) is 0 Å². The molecule has 1 rings (SSSR count). The van der Waals surface area contributed by atoms with Crippen molar-refractivity contribution >= 4 is 6.29 Å². The number of aryl methyl sites for hydroxylation is 1. The van der Waals surface area contributed by atoms with Gasteiger partial charge in [-0.15, -0.1) is 0 Å². The van der Waals surface area contributed by atoms with E-state index >= 15 is 0 Å². The number of unbranched alkanes of at least 4 members (excludes halogenated alkanes) is 15. The van der Waals surface area contributed by atoms with Gasteiger partial charge in [-0.05, 0) is 30.5 Å². The van der Waals surface area contributed by atoms with Gasteiger partial charge in [0.2, 0.25) is 0 Å². The lowest BCUT2D eigenvalue weighted by molar-refractivity contribution is 0.112. The monoisotopic (exact) mass is 374 g/mol. The van der Waals surface area contributed by atoms with Crippen molar-refractivity contribution in [3.63, 3.8) is 0 Å². The van der Waals surface area contributed by atoms with Crippen molar-refractivity contribution in [1.82, 2.24) is 0 Å². The molecule has 0 radical (unpaired) electrons. The first-order valence-electron chi connectivity index (χ1n) is 11.5. The number of phenolic OH excluding ortho intramolecular Hbond substituents is 1. The SMILES string of the molecule is CCCCCCCCCCCCCCCCCCc1ccc(C=O)c(O)c1. The third kappa shape index (κ3) is 12.7. The molecule has 0 bridgehead atoms. The molecule has 0 amide bonds. The highest BCUT2D eigenvalue weighted by Crippen LogP contribution is 2.19. The highest BCUT2D eigenvalue weighted by atomic mass is 16.3. The summed E-state index contributed by atoms with van der Waals surface area (Å²) >= 11 is 0. The molecular weight excluding hydrogens is 332 g/mol. The van der Waals surface area contributed by atoms with Crippen LogP contribution in [0.5, 0.6) is 5.75 Å². The maximum atomic E-state index is 10.7. The number of hydrogen-bond donors (Lipinski definition) is 1. The minimum Gasteiger partial charge on any atom is -0.507 e. The summed E-state index contributed by atoms with van der Waals surface area (Å²) in [4.78, 5) is 10.7. The van der Waals surface area contributed by atoms with Crippen molar-refractivity contribution in [3.05, 3.63) is 29.3 Å². The van der Waals surface area contributed by atoms with Crippen LogP contribution in [-0.4, -0.2) is 11.4 Å². The van der Waals surface area contributed by atoms with Crippen LogP contribution in [0.3, 0.4) is 0 Å². The van der Waals surface area contributed by atoms with Gasteiger partial charge in [0.15, 0.2) is 6.29 Å². The van der Waals surface area contributed by atoms with E-state index in [1.807, 2.05) is 6.07 Å².